The van der Waals surface area contributed by atoms with E-state index in [-0.39, 0.29) is 37.9 Å². The van der Waals surface area contributed by atoms with E-state index in [0.29, 0.717) is 0 Å². The monoisotopic (exact) mass is 243 g/mol. The first-order chi connectivity index (χ1) is 7.99. The minimum absolute atomic E-state index is 0.126. The van der Waals surface area contributed by atoms with E-state index in [0.717, 1.165) is 0 Å². The van der Waals surface area contributed by atoms with Gasteiger partial charge in [-0.15, -0.1) is 0 Å². The van der Waals surface area contributed by atoms with Crippen molar-refractivity contribution in [2.75, 3.05) is 13.1 Å². The van der Waals surface area contributed by atoms with Crippen LogP contribution in [0.3, 0.4) is 0 Å². The quantitative estimate of drug-likeness (QED) is 0.793. The van der Waals surface area contributed by atoms with Gasteiger partial charge in [-0.1, -0.05) is 0 Å². The molecule has 0 saturated carbocycles. The number of likely N-dealkylation sites (tertiary alicyclic amines) is 1. The van der Waals surface area contributed by atoms with Gasteiger partial charge in [0.2, 0.25) is 5.91 Å². The molecular weight excluding hydrogens is 228 g/mol. The number of amides is 1. The summed E-state index contributed by atoms with van der Waals surface area (Å²) in [6.45, 7) is 2.01. The van der Waals surface area contributed by atoms with Crippen molar-refractivity contribution in [3.63, 3.8) is 0 Å². The van der Waals surface area contributed by atoms with Gasteiger partial charge in [-0.25, -0.2) is 13.8 Å². The van der Waals surface area contributed by atoms with Crippen LogP contribution in [-0.2, 0) is 4.79 Å². The molecule has 1 fully saturated rings. The van der Waals surface area contributed by atoms with Gasteiger partial charge < -0.3 is 9.47 Å². The number of carbonyl (C=O) groups excluding carboxylic acids is 1. The number of halogens is 2. The molecule has 1 atom stereocenters. The Morgan fingerprint density at radius 1 is 1.41 bits per heavy atom. The van der Waals surface area contributed by atoms with E-state index in [1.165, 1.54) is 4.90 Å². The van der Waals surface area contributed by atoms with Gasteiger partial charge in [0.05, 0.1) is 6.33 Å². The molecule has 1 saturated heterocycles. The second kappa shape index (κ2) is 4.43. The molecule has 1 unspecified atom stereocenters. The van der Waals surface area contributed by atoms with Crippen LogP contribution in [0.15, 0.2) is 18.7 Å². The van der Waals surface area contributed by atoms with Crippen LogP contribution in [0.1, 0.15) is 25.8 Å². The Morgan fingerprint density at radius 3 is 2.59 bits per heavy atom. The molecule has 1 aliphatic heterocycles. The van der Waals surface area contributed by atoms with Crippen molar-refractivity contribution in [1.29, 1.82) is 0 Å². The Morgan fingerprint density at radius 2 is 2.06 bits per heavy atom. The van der Waals surface area contributed by atoms with Crippen molar-refractivity contribution in [1.82, 2.24) is 14.5 Å². The van der Waals surface area contributed by atoms with E-state index in [9.17, 15) is 13.6 Å². The van der Waals surface area contributed by atoms with E-state index in [1.54, 1.807) is 30.2 Å². The summed E-state index contributed by atoms with van der Waals surface area (Å²) >= 11 is 0. The van der Waals surface area contributed by atoms with E-state index in [2.05, 4.69) is 4.98 Å². The standard InChI is InChI=1S/C11H15F2N3O/c1-9(16-7-4-14-8-16)10(17)15-5-2-11(12,13)3-6-15/h4,7-9H,2-3,5-6H2,1H3. The maximum atomic E-state index is 13.0. The SMILES string of the molecule is CC(C(=O)N1CCC(F)(F)CC1)n1ccnc1. The first-order valence-corrected chi connectivity index (χ1v) is 5.64. The molecule has 17 heavy (non-hydrogen) atoms. The van der Waals surface area contributed by atoms with Gasteiger partial charge in [-0.05, 0) is 6.92 Å². The lowest BCUT2D eigenvalue weighted by Crippen LogP contribution is -2.45. The minimum Gasteiger partial charge on any atom is -0.340 e. The van der Waals surface area contributed by atoms with Gasteiger partial charge in [0.25, 0.3) is 5.92 Å². The van der Waals surface area contributed by atoms with Gasteiger partial charge in [0.1, 0.15) is 6.04 Å². The largest absolute Gasteiger partial charge is 0.340 e. The topological polar surface area (TPSA) is 38.1 Å². The average molecular weight is 243 g/mol. The Kier molecular flexibility index (Phi) is 3.13. The number of hydrogen-bond acceptors (Lipinski definition) is 2. The van der Waals surface area contributed by atoms with Gasteiger partial charge in [-0.3, -0.25) is 4.79 Å². The molecule has 6 heteroatoms. The average Bonchev–Trinajstić information content (AvgIpc) is 2.80. The maximum Gasteiger partial charge on any atom is 0.251 e. The van der Waals surface area contributed by atoms with Gasteiger partial charge in [0.15, 0.2) is 0 Å². The zero-order valence-electron chi connectivity index (χ0n) is 9.64. The summed E-state index contributed by atoms with van der Waals surface area (Å²) < 4.78 is 27.6. The molecule has 0 N–H and O–H groups in total. The molecule has 1 aromatic rings. The highest BCUT2D eigenvalue weighted by Crippen LogP contribution is 2.28. The molecule has 1 amide bonds. The van der Waals surface area contributed by atoms with Gasteiger partial charge in [-0.2, -0.15) is 0 Å². The summed E-state index contributed by atoms with van der Waals surface area (Å²) in [5.74, 6) is -2.74. The predicted molar refractivity (Wildman–Crippen MR) is 57.7 cm³/mol. The fourth-order valence-corrected chi connectivity index (χ4v) is 1.94. The smallest absolute Gasteiger partial charge is 0.251 e. The molecule has 1 aromatic heterocycles. The molecule has 1 aliphatic rings. The van der Waals surface area contributed by atoms with Crippen LogP contribution in [-0.4, -0.2) is 39.4 Å². The highest BCUT2D eigenvalue weighted by Gasteiger charge is 2.36. The predicted octanol–water partition coefficient (Wildman–Crippen LogP) is 1.70. The molecule has 2 heterocycles. The second-order valence-electron chi connectivity index (χ2n) is 4.37. The number of carbonyl (C=O) groups is 1. The van der Waals surface area contributed by atoms with Crippen molar-refractivity contribution >= 4 is 5.91 Å². The number of piperidine rings is 1. The Balaban J connectivity index is 1.97. The molecule has 0 radical (unpaired) electrons. The van der Waals surface area contributed by atoms with E-state index < -0.39 is 5.92 Å². The Hall–Kier alpha value is -1.46. The van der Waals surface area contributed by atoms with Crippen molar-refractivity contribution in [3.05, 3.63) is 18.7 Å². The molecule has 0 aromatic carbocycles. The van der Waals surface area contributed by atoms with E-state index in [4.69, 9.17) is 0 Å². The molecule has 2 rings (SSSR count). The van der Waals surface area contributed by atoms with E-state index >= 15 is 0 Å². The lowest BCUT2D eigenvalue weighted by Gasteiger charge is -2.33. The lowest BCUT2D eigenvalue weighted by atomic mass is 10.1. The number of hydrogen-bond donors (Lipinski definition) is 0. The van der Waals surface area contributed by atoms with Crippen LogP contribution in [0.2, 0.25) is 0 Å². The molecular formula is C11H15F2N3O. The summed E-state index contributed by atoms with van der Waals surface area (Å²) in [4.78, 5) is 17.4. The van der Waals surface area contributed by atoms with Crippen molar-refractivity contribution in [2.45, 2.75) is 31.7 Å². The summed E-state index contributed by atoms with van der Waals surface area (Å²) in [5, 5.41) is 0. The number of aromatic nitrogens is 2. The highest BCUT2D eigenvalue weighted by atomic mass is 19.3. The molecule has 94 valence electrons. The van der Waals surface area contributed by atoms with E-state index in [1.807, 2.05) is 0 Å². The Bertz CT molecular complexity index is 381. The molecule has 0 aliphatic carbocycles. The zero-order valence-corrected chi connectivity index (χ0v) is 9.64. The maximum absolute atomic E-state index is 13.0. The normalized spacial score (nSPS) is 21.2. The van der Waals surface area contributed by atoms with Crippen LogP contribution < -0.4 is 0 Å². The summed E-state index contributed by atoms with van der Waals surface area (Å²) in [6.07, 6.45) is 4.36. The first-order valence-electron chi connectivity index (χ1n) is 5.64. The minimum atomic E-state index is -2.62. The fourth-order valence-electron chi connectivity index (χ4n) is 1.94. The van der Waals surface area contributed by atoms with Crippen molar-refractivity contribution < 1.29 is 13.6 Å². The lowest BCUT2D eigenvalue weighted by molar-refractivity contribution is -0.140. The van der Waals surface area contributed by atoms with Crippen LogP contribution in [0.5, 0.6) is 0 Å². The number of rotatable bonds is 2. The van der Waals surface area contributed by atoms with Crippen LogP contribution in [0.25, 0.3) is 0 Å². The van der Waals surface area contributed by atoms with Gasteiger partial charge >= 0.3 is 0 Å². The third-order valence-electron chi connectivity index (χ3n) is 3.14. The third-order valence-corrected chi connectivity index (χ3v) is 3.14. The fraction of sp³-hybridized carbons (Fsp3) is 0.636. The van der Waals surface area contributed by atoms with Gasteiger partial charge in [0, 0.05) is 38.3 Å². The number of alkyl halides is 2. The molecule has 0 bridgehead atoms. The summed E-state index contributed by atoms with van der Waals surface area (Å²) in [7, 11) is 0. The highest BCUT2D eigenvalue weighted by molar-refractivity contribution is 5.80. The van der Waals surface area contributed by atoms with Crippen molar-refractivity contribution in [2.24, 2.45) is 0 Å². The third kappa shape index (κ3) is 2.62. The molecule has 4 nitrogen and oxygen atoms in total. The zero-order chi connectivity index (χ0) is 12.5. The Labute approximate surface area is 98.2 Å². The van der Waals surface area contributed by atoms with Crippen LogP contribution in [0.4, 0.5) is 8.78 Å². The summed E-state index contributed by atoms with van der Waals surface area (Å²) in [6, 6.07) is -0.385. The number of nitrogens with zero attached hydrogens (tertiary/aromatic N) is 3. The molecule has 0 spiro atoms. The second-order valence-corrected chi connectivity index (χ2v) is 4.37. The number of imidazole rings is 1. The van der Waals surface area contributed by atoms with Crippen LogP contribution >= 0.6 is 0 Å². The summed E-state index contributed by atoms with van der Waals surface area (Å²) in [5.41, 5.74) is 0. The first kappa shape index (κ1) is 12.0. The van der Waals surface area contributed by atoms with Crippen LogP contribution in [0, 0.1) is 0 Å². The van der Waals surface area contributed by atoms with Crippen molar-refractivity contribution in [3.8, 4) is 0 Å².